The van der Waals surface area contributed by atoms with Gasteiger partial charge in [0.15, 0.2) is 0 Å². The average molecular weight is 321 g/mol. The summed E-state index contributed by atoms with van der Waals surface area (Å²) in [6, 6.07) is 2.87. The number of thiophene rings is 1. The second-order valence-corrected chi connectivity index (χ2v) is 6.48. The van der Waals surface area contributed by atoms with E-state index < -0.39 is 17.9 Å². The van der Waals surface area contributed by atoms with Crippen LogP contribution in [-0.2, 0) is 11.8 Å². The molecule has 0 aliphatic carbocycles. The Kier molecular flexibility index (Phi) is 4.97. The third-order valence-electron chi connectivity index (χ3n) is 3.14. The van der Waals surface area contributed by atoms with Crippen molar-refractivity contribution in [2.24, 2.45) is 13.0 Å². The second kappa shape index (κ2) is 6.74. The molecular weight excluding hydrogens is 302 g/mol. The van der Waals surface area contributed by atoms with E-state index in [1.54, 1.807) is 17.9 Å². The molecule has 0 radical (unpaired) electrons. The summed E-state index contributed by atoms with van der Waals surface area (Å²) in [5.74, 6) is -1.26. The van der Waals surface area contributed by atoms with Gasteiger partial charge in [-0.1, -0.05) is 19.9 Å². The largest absolute Gasteiger partial charge is 0.480 e. The predicted octanol–water partition coefficient (Wildman–Crippen LogP) is 2.38. The van der Waals surface area contributed by atoms with Crippen molar-refractivity contribution in [3.8, 4) is 10.6 Å². The molecule has 0 spiro atoms. The Labute approximate surface area is 132 Å². The van der Waals surface area contributed by atoms with Gasteiger partial charge < -0.3 is 10.4 Å². The molecule has 2 aromatic heterocycles. The first kappa shape index (κ1) is 16.2. The normalized spacial score (nSPS) is 12.4. The highest BCUT2D eigenvalue weighted by atomic mass is 32.1. The number of rotatable bonds is 6. The van der Waals surface area contributed by atoms with E-state index >= 15 is 0 Å². The van der Waals surface area contributed by atoms with Crippen molar-refractivity contribution in [1.82, 2.24) is 15.1 Å². The molecule has 7 heteroatoms. The summed E-state index contributed by atoms with van der Waals surface area (Å²) < 4.78 is 1.56. The lowest BCUT2D eigenvalue weighted by atomic mass is 10.0. The van der Waals surface area contributed by atoms with Crippen molar-refractivity contribution in [3.05, 3.63) is 29.3 Å². The van der Waals surface area contributed by atoms with Gasteiger partial charge in [0, 0.05) is 13.2 Å². The minimum Gasteiger partial charge on any atom is -0.480 e. The van der Waals surface area contributed by atoms with Gasteiger partial charge >= 0.3 is 5.97 Å². The van der Waals surface area contributed by atoms with Crippen molar-refractivity contribution in [2.45, 2.75) is 26.3 Å². The average Bonchev–Trinajstić information content (AvgIpc) is 3.05. The van der Waals surface area contributed by atoms with Crippen LogP contribution in [0.5, 0.6) is 0 Å². The second-order valence-electron chi connectivity index (χ2n) is 5.54. The number of aromatic nitrogens is 2. The molecule has 6 nitrogen and oxygen atoms in total. The maximum absolute atomic E-state index is 12.4. The van der Waals surface area contributed by atoms with Gasteiger partial charge in [-0.15, -0.1) is 11.3 Å². The highest BCUT2D eigenvalue weighted by Gasteiger charge is 2.25. The first-order valence-corrected chi connectivity index (χ1v) is 7.87. The molecule has 1 amide bonds. The van der Waals surface area contributed by atoms with Crippen molar-refractivity contribution in [2.75, 3.05) is 0 Å². The molecule has 0 saturated carbocycles. The van der Waals surface area contributed by atoms with Gasteiger partial charge in [-0.05, 0) is 23.8 Å². The maximum Gasteiger partial charge on any atom is 0.326 e. The summed E-state index contributed by atoms with van der Waals surface area (Å²) in [6.07, 6.45) is 1.99. The Morgan fingerprint density at radius 2 is 2.18 bits per heavy atom. The van der Waals surface area contributed by atoms with Crippen molar-refractivity contribution >= 4 is 23.2 Å². The number of aryl methyl sites for hydroxylation is 1. The first-order chi connectivity index (χ1) is 10.4. The molecule has 22 heavy (non-hydrogen) atoms. The van der Waals surface area contributed by atoms with Crippen LogP contribution in [0.3, 0.4) is 0 Å². The van der Waals surface area contributed by atoms with E-state index in [9.17, 15) is 14.7 Å². The SMILES string of the molecule is CC(C)C[C@@H](NC(=O)c1cn(C)nc1-c1cccs1)C(=O)O. The molecule has 118 valence electrons. The van der Waals surface area contributed by atoms with Crippen molar-refractivity contribution in [1.29, 1.82) is 0 Å². The third kappa shape index (κ3) is 3.73. The van der Waals surface area contributed by atoms with Crippen LogP contribution in [0.4, 0.5) is 0 Å². The Bertz CT molecular complexity index is 662. The molecule has 0 fully saturated rings. The molecule has 0 aliphatic heterocycles. The molecule has 1 atom stereocenters. The number of aliphatic carboxylic acids is 1. The molecule has 0 aromatic carbocycles. The van der Waals surface area contributed by atoms with Crippen molar-refractivity contribution < 1.29 is 14.7 Å². The summed E-state index contributed by atoms with van der Waals surface area (Å²) >= 11 is 1.48. The number of hydrogen-bond donors (Lipinski definition) is 2. The van der Waals surface area contributed by atoms with Gasteiger partial charge in [0.25, 0.3) is 5.91 Å². The van der Waals surface area contributed by atoms with Gasteiger partial charge in [-0.25, -0.2) is 4.79 Å². The summed E-state index contributed by atoms with van der Waals surface area (Å²) in [4.78, 5) is 24.6. The number of carboxylic acids is 1. The van der Waals surface area contributed by atoms with Crippen LogP contribution in [0, 0.1) is 5.92 Å². The summed E-state index contributed by atoms with van der Waals surface area (Å²) in [6.45, 7) is 3.84. The Morgan fingerprint density at radius 3 is 2.73 bits per heavy atom. The molecule has 0 bridgehead atoms. The fourth-order valence-corrected chi connectivity index (χ4v) is 2.90. The molecule has 2 N–H and O–H groups in total. The zero-order chi connectivity index (χ0) is 16.3. The van der Waals surface area contributed by atoms with Gasteiger partial charge in [-0.3, -0.25) is 9.48 Å². The van der Waals surface area contributed by atoms with E-state index in [1.807, 2.05) is 31.4 Å². The third-order valence-corrected chi connectivity index (χ3v) is 4.02. The van der Waals surface area contributed by atoms with Crippen LogP contribution in [0.15, 0.2) is 23.7 Å². The molecule has 2 rings (SSSR count). The fraction of sp³-hybridized carbons (Fsp3) is 0.400. The number of amides is 1. The molecule has 0 saturated heterocycles. The number of hydrogen-bond acceptors (Lipinski definition) is 4. The smallest absolute Gasteiger partial charge is 0.326 e. The molecule has 0 aliphatic rings. The lowest BCUT2D eigenvalue weighted by molar-refractivity contribution is -0.139. The van der Waals surface area contributed by atoms with E-state index in [2.05, 4.69) is 10.4 Å². The van der Waals surface area contributed by atoms with Crippen LogP contribution in [-0.4, -0.2) is 32.8 Å². The van der Waals surface area contributed by atoms with Crippen molar-refractivity contribution in [3.63, 3.8) is 0 Å². The minimum absolute atomic E-state index is 0.173. The van der Waals surface area contributed by atoms with E-state index in [1.165, 1.54) is 11.3 Å². The van der Waals surface area contributed by atoms with Gasteiger partial charge in [0.2, 0.25) is 0 Å². The molecule has 0 unspecified atom stereocenters. The molecular formula is C15H19N3O3S. The number of carbonyl (C=O) groups is 2. The summed E-state index contributed by atoms with van der Waals surface area (Å²) in [7, 11) is 1.73. The number of carbonyl (C=O) groups excluding carboxylic acids is 1. The molecule has 2 heterocycles. The zero-order valence-electron chi connectivity index (χ0n) is 12.7. The van der Waals surface area contributed by atoms with Gasteiger partial charge in [0.1, 0.15) is 11.7 Å². The molecule has 2 aromatic rings. The van der Waals surface area contributed by atoms with Gasteiger partial charge in [0.05, 0.1) is 10.4 Å². The van der Waals surface area contributed by atoms with Crippen LogP contribution < -0.4 is 5.32 Å². The van der Waals surface area contributed by atoms with Crippen LogP contribution in [0.2, 0.25) is 0 Å². The zero-order valence-corrected chi connectivity index (χ0v) is 13.6. The topological polar surface area (TPSA) is 84.2 Å². The highest BCUT2D eigenvalue weighted by molar-refractivity contribution is 7.13. The first-order valence-electron chi connectivity index (χ1n) is 6.99. The Hall–Kier alpha value is -2.15. The predicted molar refractivity (Wildman–Crippen MR) is 84.9 cm³/mol. The quantitative estimate of drug-likeness (QED) is 0.855. The highest BCUT2D eigenvalue weighted by Crippen LogP contribution is 2.26. The lowest BCUT2D eigenvalue weighted by Gasteiger charge is -2.16. The number of carboxylic acid groups (broad SMARTS) is 1. The van der Waals surface area contributed by atoms with E-state index in [0.29, 0.717) is 17.7 Å². The van der Waals surface area contributed by atoms with Gasteiger partial charge in [-0.2, -0.15) is 5.10 Å². The monoisotopic (exact) mass is 321 g/mol. The lowest BCUT2D eigenvalue weighted by Crippen LogP contribution is -2.41. The van der Waals surface area contributed by atoms with Crippen LogP contribution >= 0.6 is 11.3 Å². The number of nitrogens with one attached hydrogen (secondary N) is 1. The Balaban J connectivity index is 2.24. The summed E-state index contributed by atoms with van der Waals surface area (Å²) in [5.41, 5.74) is 0.962. The summed E-state index contributed by atoms with van der Waals surface area (Å²) in [5, 5.41) is 18.0. The standard InChI is InChI=1S/C15H19N3O3S/c1-9(2)7-11(15(20)21)16-14(19)10-8-18(3)17-13(10)12-5-4-6-22-12/h4-6,8-9,11H,7H2,1-3H3,(H,16,19)(H,20,21)/t11-/m1/s1. The van der Waals surface area contributed by atoms with E-state index in [-0.39, 0.29) is 5.92 Å². The fourth-order valence-electron chi connectivity index (χ4n) is 2.18. The maximum atomic E-state index is 12.4. The van der Waals surface area contributed by atoms with Crippen LogP contribution in [0.25, 0.3) is 10.6 Å². The Morgan fingerprint density at radius 1 is 1.45 bits per heavy atom. The minimum atomic E-state index is -1.02. The van der Waals surface area contributed by atoms with E-state index in [4.69, 9.17) is 0 Å². The number of nitrogens with zero attached hydrogens (tertiary/aromatic N) is 2. The van der Waals surface area contributed by atoms with E-state index in [0.717, 1.165) is 4.88 Å². The van der Waals surface area contributed by atoms with Crippen LogP contribution in [0.1, 0.15) is 30.6 Å².